The van der Waals surface area contributed by atoms with E-state index in [1.54, 1.807) is 13.0 Å². The number of anilines is 2. The van der Waals surface area contributed by atoms with Crippen LogP contribution in [-0.4, -0.2) is 20.0 Å². The molecule has 0 aromatic heterocycles. The van der Waals surface area contributed by atoms with Gasteiger partial charge in [0.05, 0.1) is 16.4 Å². The minimum Gasteiger partial charge on any atom is -0.375 e. The number of allylic oxidation sites excluding steroid dienone is 1. The number of carbonyl (C=O) groups is 1. The van der Waals surface area contributed by atoms with Crippen molar-refractivity contribution in [3.63, 3.8) is 0 Å². The molecule has 0 unspecified atom stereocenters. The van der Waals surface area contributed by atoms with Crippen LogP contribution in [-0.2, 0) is 4.79 Å². The lowest BCUT2D eigenvalue weighted by Crippen LogP contribution is -2.17. The third-order valence-electron chi connectivity index (χ3n) is 2.55. The van der Waals surface area contributed by atoms with Crippen molar-refractivity contribution in [3.8, 4) is 0 Å². The second-order valence-electron chi connectivity index (χ2n) is 4.28. The molecular formula is C14H19ClN2O. The van der Waals surface area contributed by atoms with Gasteiger partial charge in [-0.25, -0.2) is 0 Å². The van der Waals surface area contributed by atoms with Gasteiger partial charge in [0.25, 0.3) is 5.91 Å². The van der Waals surface area contributed by atoms with Crippen molar-refractivity contribution in [2.24, 2.45) is 0 Å². The quantitative estimate of drug-likeness (QED) is 0.843. The van der Waals surface area contributed by atoms with Crippen LogP contribution in [0.5, 0.6) is 0 Å². The summed E-state index contributed by atoms with van der Waals surface area (Å²) in [5.74, 6) is -0.0952. The predicted octanol–water partition coefficient (Wildman–Crippen LogP) is 3.70. The number of hydrogen-bond donors (Lipinski definition) is 1. The minimum atomic E-state index is -0.0952. The van der Waals surface area contributed by atoms with E-state index in [-0.39, 0.29) is 5.91 Å². The van der Waals surface area contributed by atoms with Gasteiger partial charge in [-0.2, -0.15) is 0 Å². The molecule has 1 N–H and O–H groups in total. The molecule has 0 heterocycles. The summed E-state index contributed by atoms with van der Waals surface area (Å²) in [4.78, 5) is 13.8. The highest BCUT2D eigenvalue weighted by atomic mass is 35.5. The standard InChI is InChI=1S/C14H19ClN2O/c1-5-7-10(2)14(18)16-12-9-6-8-11(15)13(12)17(3)4/h6-9H,5H2,1-4H3,(H,16,18). The Balaban J connectivity index is 3.02. The van der Waals surface area contributed by atoms with Gasteiger partial charge in [-0.3, -0.25) is 4.79 Å². The molecule has 3 nitrogen and oxygen atoms in total. The summed E-state index contributed by atoms with van der Waals surface area (Å²) in [7, 11) is 3.79. The van der Waals surface area contributed by atoms with E-state index in [9.17, 15) is 4.79 Å². The number of hydrogen-bond acceptors (Lipinski definition) is 2. The maximum absolute atomic E-state index is 11.9. The Morgan fingerprint density at radius 1 is 1.44 bits per heavy atom. The lowest BCUT2D eigenvalue weighted by Gasteiger charge is -2.19. The first kappa shape index (κ1) is 14.6. The van der Waals surface area contributed by atoms with Crippen LogP contribution in [0.15, 0.2) is 29.8 Å². The van der Waals surface area contributed by atoms with Crippen molar-refractivity contribution in [3.05, 3.63) is 34.9 Å². The van der Waals surface area contributed by atoms with Crippen LogP contribution in [0.2, 0.25) is 5.02 Å². The number of rotatable bonds is 4. The van der Waals surface area contributed by atoms with E-state index in [1.165, 1.54) is 0 Å². The molecule has 1 aromatic carbocycles. The summed E-state index contributed by atoms with van der Waals surface area (Å²) in [6.07, 6.45) is 2.74. The summed E-state index contributed by atoms with van der Waals surface area (Å²) in [5.41, 5.74) is 2.25. The molecule has 18 heavy (non-hydrogen) atoms. The molecule has 4 heteroatoms. The van der Waals surface area contributed by atoms with Crippen LogP contribution in [0.1, 0.15) is 20.3 Å². The number of amides is 1. The fourth-order valence-electron chi connectivity index (χ4n) is 1.69. The molecular weight excluding hydrogens is 248 g/mol. The molecule has 0 aliphatic carbocycles. The van der Waals surface area contributed by atoms with Gasteiger partial charge in [-0.05, 0) is 25.5 Å². The monoisotopic (exact) mass is 266 g/mol. The van der Waals surface area contributed by atoms with Gasteiger partial charge in [-0.15, -0.1) is 0 Å². The number of carbonyl (C=O) groups excluding carboxylic acids is 1. The maximum atomic E-state index is 11.9. The molecule has 0 aliphatic rings. The van der Waals surface area contributed by atoms with Gasteiger partial charge in [0, 0.05) is 19.7 Å². The zero-order valence-electron chi connectivity index (χ0n) is 11.2. The molecule has 1 amide bonds. The summed E-state index contributed by atoms with van der Waals surface area (Å²) >= 11 is 6.14. The number of para-hydroxylation sites is 1. The van der Waals surface area contributed by atoms with Crippen molar-refractivity contribution in [1.82, 2.24) is 0 Å². The van der Waals surface area contributed by atoms with E-state index in [0.29, 0.717) is 10.6 Å². The predicted molar refractivity (Wildman–Crippen MR) is 78.5 cm³/mol. The third-order valence-corrected chi connectivity index (χ3v) is 2.86. The van der Waals surface area contributed by atoms with Crippen molar-refractivity contribution < 1.29 is 4.79 Å². The van der Waals surface area contributed by atoms with Gasteiger partial charge >= 0.3 is 0 Å². The summed E-state index contributed by atoms with van der Waals surface area (Å²) in [6.45, 7) is 3.81. The number of nitrogens with zero attached hydrogens (tertiary/aromatic N) is 1. The molecule has 1 rings (SSSR count). The maximum Gasteiger partial charge on any atom is 0.251 e. The lowest BCUT2D eigenvalue weighted by atomic mass is 10.2. The van der Waals surface area contributed by atoms with E-state index in [0.717, 1.165) is 17.8 Å². The Bertz CT molecular complexity index is 467. The molecule has 0 saturated carbocycles. The zero-order chi connectivity index (χ0) is 13.7. The molecule has 0 fully saturated rings. The van der Waals surface area contributed by atoms with Crippen LogP contribution in [0.4, 0.5) is 11.4 Å². The molecule has 0 saturated heterocycles. The van der Waals surface area contributed by atoms with Crippen LogP contribution >= 0.6 is 11.6 Å². The highest BCUT2D eigenvalue weighted by Gasteiger charge is 2.12. The molecule has 98 valence electrons. The first-order valence-electron chi connectivity index (χ1n) is 5.91. The first-order valence-corrected chi connectivity index (χ1v) is 6.29. The largest absolute Gasteiger partial charge is 0.375 e. The minimum absolute atomic E-state index is 0.0952. The first-order chi connectivity index (χ1) is 8.47. The number of nitrogens with one attached hydrogen (secondary N) is 1. The average molecular weight is 267 g/mol. The third kappa shape index (κ3) is 3.50. The Morgan fingerprint density at radius 3 is 2.67 bits per heavy atom. The van der Waals surface area contributed by atoms with Gasteiger partial charge in [0.1, 0.15) is 0 Å². The smallest absolute Gasteiger partial charge is 0.251 e. The van der Waals surface area contributed by atoms with E-state index in [4.69, 9.17) is 11.6 Å². The number of benzene rings is 1. The Kier molecular flexibility index (Phi) is 5.23. The van der Waals surface area contributed by atoms with E-state index in [2.05, 4.69) is 5.32 Å². The molecule has 0 bridgehead atoms. The van der Waals surface area contributed by atoms with E-state index in [1.807, 2.05) is 44.1 Å². The average Bonchev–Trinajstić information content (AvgIpc) is 2.28. The Labute approximate surface area is 113 Å². The molecule has 0 aliphatic heterocycles. The normalized spacial score (nSPS) is 11.3. The number of halogens is 1. The van der Waals surface area contributed by atoms with Crippen LogP contribution in [0.25, 0.3) is 0 Å². The van der Waals surface area contributed by atoms with Crippen LogP contribution in [0, 0.1) is 0 Å². The zero-order valence-corrected chi connectivity index (χ0v) is 12.0. The molecule has 1 aromatic rings. The summed E-state index contributed by atoms with van der Waals surface area (Å²) < 4.78 is 0. The van der Waals surface area contributed by atoms with Crippen molar-refractivity contribution in [2.45, 2.75) is 20.3 Å². The second-order valence-corrected chi connectivity index (χ2v) is 4.69. The highest BCUT2D eigenvalue weighted by molar-refractivity contribution is 6.34. The lowest BCUT2D eigenvalue weighted by molar-refractivity contribution is -0.112. The summed E-state index contributed by atoms with van der Waals surface area (Å²) in [6, 6.07) is 5.48. The van der Waals surface area contributed by atoms with Gasteiger partial charge in [0.15, 0.2) is 0 Å². The van der Waals surface area contributed by atoms with Gasteiger partial charge < -0.3 is 10.2 Å². The fraction of sp³-hybridized carbons (Fsp3) is 0.357. The molecule has 0 atom stereocenters. The molecule has 0 radical (unpaired) electrons. The van der Waals surface area contributed by atoms with Crippen LogP contribution in [0.3, 0.4) is 0 Å². The highest BCUT2D eigenvalue weighted by Crippen LogP contribution is 2.32. The van der Waals surface area contributed by atoms with Crippen molar-refractivity contribution in [1.29, 1.82) is 0 Å². The van der Waals surface area contributed by atoms with E-state index >= 15 is 0 Å². The van der Waals surface area contributed by atoms with Crippen molar-refractivity contribution in [2.75, 3.05) is 24.3 Å². The fourth-order valence-corrected chi connectivity index (χ4v) is 2.03. The van der Waals surface area contributed by atoms with Crippen molar-refractivity contribution >= 4 is 28.9 Å². The van der Waals surface area contributed by atoms with Crippen LogP contribution < -0.4 is 10.2 Å². The molecule has 0 spiro atoms. The topological polar surface area (TPSA) is 32.3 Å². The Morgan fingerprint density at radius 2 is 2.11 bits per heavy atom. The second kappa shape index (κ2) is 6.45. The van der Waals surface area contributed by atoms with Gasteiger partial charge in [0.2, 0.25) is 0 Å². The summed E-state index contributed by atoms with van der Waals surface area (Å²) in [5, 5.41) is 3.50. The Hall–Kier alpha value is -1.48. The van der Waals surface area contributed by atoms with Gasteiger partial charge in [-0.1, -0.05) is 30.7 Å². The van der Waals surface area contributed by atoms with E-state index < -0.39 is 0 Å². The SMILES string of the molecule is CCC=C(C)C(=O)Nc1cccc(Cl)c1N(C)C.